The highest BCUT2D eigenvalue weighted by molar-refractivity contribution is 5.67. The summed E-state index contributed by atoms with van der Waals surface area (Å²) in [6, 6.07) is 1.91. The predicted molar refractivity (Wildman–Crippen MR) is 76.8 cm³/mol. The van der Waals surface area contributed by atoms with Gasteiger partial charge in [0.15, 0.2) is 0 Å². The maximum Gasteiger partial charge on any atom is 0.407 e. The number of aromatic amines is 1. The van der Waals surface area contributed by atoms with Crippen LogP contribution in [0.5, 0.6) is 0 Å². The van der Waals surface area contributed by atoms with E-state index in [1.807, 2.05) is 6.07 Å². The molecular formula is C15H22N2O3. The average molecular weight is 278 g/mol. The number of carbonyl (C=O) groups is 1. The lowest BCUT2D eigenvalue weighted by atomic mass is 9.95. The Hall–Kier alpha value is -1.78. The van der Waals surface area contributed by atoms with E-state index >= 15 is 0 Å². The fraction of sp³-hybridized carbons (Fsp3) is 0.600. The molecule has 0 unspecified atom stereocenters. The molecule has 0 fully saturated rings. The van der Waals surface area contributed by atoms with Gasteiger partial charge in [0, 0.05) is 11.3 Å². The SMILES string of the molecule is CC(C)(C)OC(=O)NCc1cc2c([nH]c1=O)CCCC2. The van der Waals surface area contributed by atoms with Crippen molar-refractivity contribution in [3.63, 3.8) is 0 Å². The van der Waals surface area contributed by atoms with Crippen molar-refractivity contribution in [3.8, 4) is 0 Å². The molecular weight excluding hydrogens is 256 g/mol. The van der Waals surface area contributed by atoms with Crippen LogP contribution in [0.3, 0.4) is 0 Å². The highest BCUT2D eigenvalue weighted by atomic mass is 16.6. The zero-order valence-electron chi connectivity index (χ0n) is 12.3. The minimum Gasteiger partial charge on any atom is -0.444 e. The quantitative estimate of drug-likeness (QED) is 0.871. The normalized spacial score (nSPS) is 14.6. The standard InChI is InChI=1S/C15H22N2O3/c1-15(2,3)20-14(19)16-9-11-8-10-6-4-5-7-12(10)17-13(11)18/h8H,4-7,9H2,1-3H3,(H,16,19)(H,17,18). The number of rotatable bonds is 2. The smallest absolute Gasteiger partial charge is 0.407 e. The van der Waals surface area contributed by atoms with Gasteiger partial charge in [-0.2, -0.15) is 0 Å². The Bertz CT molecular complexity index is 555. The maximum absolute atomic E-state index is 11.9. The van der Waals surface area contributed by atoms with Gasteiger partial charge in [-0.15, -0.1) is 0 Å². The number of fused-ring (bicyclic) bond motifs is 1. The van der Waals surface area contributed by atoms with Gasteiger partial charge in [0.05, 0.1) is 6.54 Å². The van der Waals surface area contributed by atoms with E-state index in [1.54, 1.807) is 20.8 Å². The van der Waals surface area contributed by atoms with E-state index in [1.165, 1.54) is 5.56 Å². The van der Waals surface area contributed by atoms with Crippen molar-refractivity contribution < 1.29 is 9.53 Å². The van der Waals surface area contributed by atoms with E-state index in [9.17, 15) is 9.59 Å². The first kappa shape index (κ1) is 14.6. The molecule has 110 valence electrons. The molecule has 2 rings (SSSR count). The van der Waals surface area contributed by atoms with Crippen LogP contribution in [0.4, 0.5) is 4.79 Å². The van der Waals surface area contributed by atoms with Gasteiger partial charge in [-0.05, 0) is 58.1 Å². The van der Waals surface area contributed by atoms with Crippen molar-refractivity contribution in [1.29, 1.82) is 0 Å². The fourth-order valence-electron chi connectivity index (χ4n) is 2.34. The van der Waals surface area contributed by atoms with Crippen LogP contribution in [0.15, 0.2) is 10.9 Å². The number of ether oxygens (including phenoxy) is 1. The molecule has 1 aromatic heterocycles. The average Bonchev–Trinajstić information content (AvgIpc) is 2.34. The summed E-state index contributed by atoms with van der Waals surface area (Å²) < 4.78 is 5.15. The Balaban J connectivity index is 2.03. The third-order valence-corrected chi connectivity index (χ3v) is 3.24. The van der Waals surface area contributed by atoms with Gasteiger partial charge >= 0.3 is 6.09 Å². The Morgan fingerprint density at radius 3 is 2.75 bits per heavy atom. The molecule has 0 bridgehead atoms. The molecule has 2 N–H and O–H groups in total. The summed E-state index contributed by atoms with van der Waals surface area (Å²) in [5.41, 5.74) is 2.16. The minimum atomic E-state index is -0.535. The van der Waals surface area contributed by atoms with Crippen LogP contribution in [0, 0.1) is 0 Å². The van der Waals surface area contributed by atoms with Crippen molar-refractivity contribution in [3.05, 3.63) is 33.2 Å². The fourth-order valence-corrected chi connectivity index (χ4v) is 2.34. The van der Waals surface area contributed by atoms with Gasteiger partial charge in [0.2, 0.25) is 0 Å². The van der Waals surface area contributed by atoms with Crippen molar-refractivity contribution in [2.24, 2.45) is 0 Å². The van der Waals surface area contributed by atoms with E-state index in [-0.39, 0.29) is 12.1 Å². The third kappa shape index (κ3) is 3.85. The Labute approximate surface area is 118 Å². The molecule has 0 saturated heterocycles. The number of carbonyl (C=O) groups excluding carboxylic acids is 1. The molecule has 5 nitrogen and oxygen atoms in total. The molecule has 1 heterocycles. The van der Waals surface area contributed by atoms with Crippen molar-refractivity contribution in [2.45, 2.75) is 58.6 Å². The summed E-state index contributed by atoms with van der Waals surface area (Å²) in [6.07, 6.45) is 3.70. The maximum atomic E-state index is 11.9. The Morgan fingerprint density at radius 2 is 2.05 bits per heavy atom. The number of aryl methyl sites for hydroxylation is 2. The van der Waals surface area contributed by atoms with Gasteiger partial charge in [-0.25, -0.2) is 4.79 Å². The predicted octanol–water partition coefficient (Wildman–Crippen LogP) is 2.28. The van der Waals surface area contributed by atoms with Crippen LogP contribution in [0.1, 0.15) is 50.4 Å². The summed E-state index contributed by atoms with van der Waals surface area (Å²) in [4.78, 5) is 26.4. The number of nitrogens with one attached hydrogen (secondary N) is 2. The second-order valence-electron chi connectivity index (χ2n) is 6.19. The number of H-pyrrole nitrogens is 1. The van der Waals surface area contributed by atoms with Gasteiger partial charge < -0.3 is 15.0 Å². The number of amides is 1. The molecule has 1 aliphatic carbocycles. The highest BCUT2D eigenvalue weighted by Crippen LogP contribution is 2.18. The van der Waals surface area contributed by atoms with Gasteiger partial charge in [-0.1, -0.05) is 0 Å². The molecule has 1 amide bonds. The lowest BCUT2D eigenvalue weighted by Crippen LogP contribution is -2.33. The summed E-state index contributed by atoms with van der Waals surface area (Å²) in [5, 5.41) is 2.62. The van der Waals surface area contributed by atoms with Crippen LogP contribution in [0.25, 0.3) is 0 Å². The second kappa shape index (κ2) is 5.69. The summed E-state index contributed by atoms with van der Waals surface area (Å²) in [6.45, 7) is 5.60. The molecule has 5 heteroatoms. The number of alkyl carbamates (subject to hydrolysis) is 1. The molecule has 0 saturated carbocycles. The lowest BCUT2D eigenvalue weighted by molar-refractivity contribution is 0.0523. The summed E-state index contributed by atoms with van der Waals surface area (Å²) >= 11 is 0. The molecule has 0 radical (unpaired) electrons. The topological polar surface area (TPSA) is 71.2 Å². The molecule has 0 atom stereocenters. The van der Waals surface area contributed by atoms with Crippen LogP contribution in [0.2, 0.25) is 0 Å². The molecule has 0 aliphatic heterocycles. The Kier molecular flexibility index (Phi) is 4.16. The first-order chi connectivity index (χ1) is 9.35. The van der Waals surface area contributed by atoms with Crippen molar-refractivity contribution >= 4 is 6.09 Å². The zero-order valence-corrected chi connectivity index (χ0v) is 12.3. The minimum absolute atomic E-state index is 0.123. The second-order valence-corrected chi connectivity index (χ2v) is 6.19. The summed E-state index contributed by atoms with van der Waals surface area (Å²) in [7, 11) is 0. The molecule has 0 spiro atoms. The monoisotopic (exact) mass is 278 g/mol. The highest BCUT2D eigenvalue weighted by Gasteiger charge is 2.17. The first-order valence-electron chi connectivity index (χ1n) is 7.06. The largest absolute Gasteiger partial charge is 0.444 e. The number of hydrogen-bond acceptors (Lipinski definition) is 3. The van der Waals surface area contributed by atoms with E-state index in [0.717, 1.165) is 31.4 Å². The number of pyridine rings is 1. The zero-order chi connectivity index (χ0) is 14.8. The van der Waals surface area contributed by atoms with E-state index in [2.05, 4.69) is 10.3 Å². The van der Waals surface area contributed by atoms with Gasteiger partial charge in [0.1, 0.15) is 5.60 Å². The van der Waals surface area contributed by atoms with E-state index in [0.29, 0.717) is 5.56 Å². The molecule has 20 heavy (non-hydrogen) atoms. The Morgan fingerprint density at radius 1 is 1.35 bits per heavy atom. The van der Waals surface area contributed by atoms with E-state index in [4.69, 9.17) is 4.74 Å². The third-order valence-electron chi connectivity index (χ3n) is 3.24. The van der Waals surface area contributed by atoms with Gasteiger partial charge in [-0.3, -0.25) is 4.79 Å². The lowest BCUT2D eigenvalue weighted by Gasteiger charge is -2.20. The summed E-state index contributed by atoms with van der Waals surface area (Å²) in [5.74, 6) is 0. The van der Waals surface area contributed by atoms with Crippen molar-refractivity contribution in [1.82, 2.24) is 10.3 Å². The van der Waals surface area contributed by atoms with Crippen molar-refractivity contribution in [2.75, 3.05) is 0 Å². The molecule has 1 aliphatic rings. The van der Waals surface area contributed by atoms with E-state index < -0.39 is 11.7 Å². The number of aromatic nitrogens is 1. The van der Waals surface area contributed by atoms with Crippen LogP contribution in [-0.4, -0.2) is 16.7 Å². The van der Waals surface area contributed by atoms with Gasteiger partial charge in [0.25, 0.3) is 5.56 Å². The number of hydrogen-bond donors (Lipinski definition) is 2. The van der Waals surface area contributed by atoms with Crippen LogP contribution < -0.4 is 10.9 Å². The van der Waals surface area contributed by atoms with Crippen LogP contribution >= 0.6 is 0 Å². The molecule has 0 aromatic carbocycles. The molecule has 1 aromatic rings. The van der Waals surface area contributed by atoms with Crippen LogP contribution in [-0.2, 0) is 24.1 Å². The first-order valence-corrected chi connectivity index (χ1v) is 7.06.